The molecule has 1 aromatic rings. The van der Waals surface area contributed by atoms with E-state index in [1.165, 1.54) is 5.56 Å². The van der Waals surface area contributed by atoms with E-state index in [4.69, 9.17) is 0 Å². The zero-order valence-electron chi connectivity index (χ0n) is 10.3. The van der Waals surface area contributed by atoms with Gasteiger partial charge in [0.2, 0.25) is 10.0 Å². The molecule has 0 aromatic heterocycles. The first-order valence-corrected chi connectivity index (χ1v) is 7.70. The molecule has 0 saturated carbocycles. The maximum Gasteiger partial charge on any atom is 0.214 e. The highest BCUT2D eigenvalue weighted by atomic mass is 32.2. The number of nitrogens with zero attached hydrogens (tertiary/aromatic N) is 1. The molecule has 17 heavy (non-hydrogen) atoms. The van der Waals surface area contributed by atoms with Crippen molar-refractivity contribution >= 4 is 10.0 Å². The van der Waals surface area contributed by atoms with Crippen molar-refractivity contribution in [3.8, 4) is 0 Å². The van der Waals surface area contributed by atoms with Crippen molar-refractivity contribution < 1.29 is 8.42 Å². The van der Waals surface area contributed by atoms with Crippen molar-refractivity contribution in [3.63, 3.8) is 0 Å². The number of benzene rings is 1. The molecule has 0 radical (unpaired) electrons. The molecule has 1 aromatic carbocycles. The van der Waals surface area contributed by atoms with Crippen molar-refractivity contribution in [3.05, 3.63) is 35.9 Å². The number of hydrogen-bond donors (Lipinski definition) is 0. The van der Waals surface area contributed by atoms with Gasteiger partial charge in [-0.15, -0.1) is 0 Å². The standard InChI is InChI=1S/C13H19NO2S/c1-3-17(15,16)14-10-13(9-11(14)2)12-7-5-4-6-8-12/h4-8,11,13H,3,9-10H2,1-2H3. The molecule has 0 aliphatic carbocycles. The topological polar surface area (TPSA) is 37.4 Å². The largest absolute Gasteiger partial charge is 0.214 e. The molecule has 0 spiro atoms. The third-order valence-electron chi connectivity index (χ3n) is 3.51. The summed E-state index contributed by atoms with van der Waals surface area (Å²) in [6.07, 6.45) is 0.920. The highest BCUT2D eigenvalue weighted by Crippen LogP contribution is 2.33. The van der Waals surface area contributed by atoms with E-state index in [0.29, 0.717) is 12.5 Å². The second-order valence-electron chi connectivity index (χ2n) is 4.66. The van der Waals surface area contributed by atoms with E-state index >= 15 is 0 Å². The summed E-state index contributed by atoms with van der Waals surface area (Å²) in [5, 5.41) is 0. The highest BCUT2D eigenvalue weighted by Gasteiger charge is 2.36. The van der Waals surface area contributed by atoms with Crippen LogP contribution >= 0.6 is 0 Å². The van der Waals surface area contributed by atoms with Gasteiger partial charge in [0.05, 0.1) is 5.75 Å². The zero-order valence-corrected chi connectivity index (χ0v) is 11.2. The molecule has 2 atom stereocenters. The molecule has 1 aliphatic heterocycles. The molecule has 2 rings (SSSR count). The minimum absolute atomic E-state index is 0.116. The first-order valence-electron chi connectivity index (χ1n) is 6.09. The fourth-order valence-corrected chi connectivity index (χ4v) is 3.89. The SMILES string of the molecule is CCS(=O)(=O)N1CC(c2ccccc2)CC1C. The van der Waals surface area contributed by atoms with Crippen LogP contribution < -0.4 is 0 Å². The van der Waals surface area contributed by atoms with E-state index in [1.54, 1.807) is 11.2 Å². The highest BCUT2D eigenvalue weighted by molar-refractivity contribution is 7.89. The van der Waals surface area contributed by atoms with Crippen molar-refractivity contribution in [2.45, 2.75) is 32.2 Å². The van der Waals surface area contributed by atoms with Gasteiger partial charge in [0, 0.05) is 12.6 Å². The molecule has 0 bridgehead atoms. The van der Waals surface area contributed by atoms with Gasteiger partial charge in [0.1, 0.15) is 0 Å². The molecule has 0 N–H and O–H groups in total. The van der Waals surface area contributed by atoms with Crippen molar-refractivity contribution in [2.75, 3.05) is 12.3 Å². The van der Waals surface area contributed by atoms with Crippen LogP contribution in [0, 0.1) is 0 Å². The molecule has 2 unspecified atom stereocenters. The fourth-order valence-electron chi connectivity index (χ4n) is 2.52. The van der Waals surface area contributed by atoms with Crippen LogP contribution in [-0.4, -0.2) is 31.1 Å². The van der Waals surface area contributed by atoms with Crippen LogP contribution in [0.15, 0.2) is 30.3 Å². The predicted molar refractivity (Wildman–Crippen MR) is 69.4 cm³/mol. The van der Waals surface area contributed by atoms with Crippen LogP contribution in [0.1, 0.15) is 31.7 Å². The van der Waals surface area contributed by atoms with E-state index in [1.807, 2.05) is 25.1 Å². The number of rotatable bonds is 3. The molecule has 4 heteroatoms. The minimum Gasteiger partial charge on any atom is -0.212 e. The van der Waals surface area contributed by atoms with Crippen LogP contribution in [0.25, 0.3) is 0 Å². The predicted octanol–water partition coefficient (Wildman–Crippen LogP) is 2.21. The summed E-state index contributed by atoms with van der Waals surface area (Å²) in [4.78, 5) is 0. The second kappa shape index (κ2) is 4.78. The Bertz CT molecular complexity index is 469. The van der Waals surface area contributed by atoms with Crippen LogP contribution in [0.2, 0.25) is 0 Å². The molecule has 3 nitrogen and oxygen atoms in total. The van der Waals surface area contributed by atoms with Gasteiger partial charge >= 0.3 is 0 Å². The Balaban J connectivity index is 2.18. The molecule has 1 saturated heterocycles. The van der Waals surface area contributed by atoms with E-state index < -0.39 is 10.0 Å². The van der Waals surface area contributed by atoms with Gasteiger partial charge in [0.25, 0.3) is 0 Å². The normalized spacial score (nSPS) is 26.2. The smallest absolute Gasteiger partial charge is 0.212 e. The first kappa shape index (κ1) is 12.6. The Labute approximate surface area is 104 Å². The second-order valence-corrected chi connectivity index (χ2v) is 6.87. The van der Waals surface area contributed by atoms with Gasteiger partial charge in [-0.3, -0.25) is 0 Å². The van der Waals surface area contributed by atoms with Gasteiger partial charge in [-0.05, 0) is 31.7 Å². The Morgan fingerprint density at radius 1 is 1.29 bits per heavy atom. The Morgan fingerprint density at radius 3 is 2.53 bits per heavy atom. The molecular formula is C13H19NO2S. The molecule has 1 heterocycles. The van der Waals surface area contributed by atoms with Crippen LogP contribution in [0.4, 0.5) is 0 Å². The molecular weight excluding hydrogens is 234 g/mol. The third-order valence-corrected chi connectivity index (χ3v) is 5.46. The lowest BCUT2D eigenvalue weighted by atomic mass is 9.97. The van der Waals surface area contributed by atoms with E-state index in [9.17, 15) is 8.42 Å². The summed E-state index contributed by atoms with van der Waals surface area (Å²) < 4.78 is 25.5. The fraction of sp³-hybridized carbons (Fsp3) is 0.538. The van der Waals surface area contributed by atoms with Crippen molar-refractivity contribution in [1.29, 1.82) is 0 Å². The van der Waals surface area contributed by atoms with Crippen molar-refractivity contribution in [2.24, 2.45) is 0 Å². The van der Waals surface area contributed by atoms with Crippen LogP contribution in [0.3, 0.4) is 0 Å². The average molecular weight is 253 g/mol. The lowest BCUT2D eigenvalue weighted by molar-refractivity contribution is 0.408. The first-order chi connectivity index (χ1) is 8.04. The van der Waals surface area contributed by atoms with Gasteiger partial charge in [0.15, 0.2) is 0 Å². The summed E-state index contributed by atoms with van der Waals surface area (Å²) >= 11 is 0. The summed E-state index contributed by atoms with van der Waals surface area (Å²) in [5.74, 6) is 0.534. The molecule has 1 fully saturated rings. The summed E-state index contributed by atoms with van der Waals surface area (Å²) in [6.45, 7) is 4.33. The summed E-state index contributed by atoms with van der Waals surface area (Å²) in [5.41, 5.74) is 1.24. The molecule has 0 amide bonds. The van der Waals surface area contributed by atoms with Gasteiger partial charge in [-0.25, -0.2) is 8.42 Å². The molecule has 1 aliphatic rings. The number of hydrogen-bond acceptors (Lipinski definition) is 2. The van der Waals surface area contributed by atoms with Gasteiger partial charge < -0.3 is 0 Å². The minimum atomic E-state index is -3.05. The Kier molecular flexibility index (Phi) is 3.54. The quantitative estimate of drug-likeness (QED) is 0.828. The molecule has 94 valence electrons. The maximum atomic E-state index is 11.9. The van der Waals surface area contributed by atoms with Crippen LogP contribution in [0.5, 0.6) is 0 Å². The maximum absolute atomic E-state index is 11.9. The average Bonchev–Trinajstić information content (AvgIpc) is 2.73. The number of sulfonamides is 1. The van der Waals surface area contributed by atoms with Gasteiger partial charge in [-0.1, -0.05) is 30.3 Å². The summed E-state index contributed by atoms with van der Waals surface area (Å²) in [7, 11) is -3.05. The van der Waals surface area contributed by atoms with Crippen molar-refractivity contribution in [1.82, 2.24) is 4.31 Å². The zero-order chi connectivity index (χ0) is 12.5. The van der Waals surface area contributed by atoms with Gasteiger partial charge in [-0.2, -0.15) is 4.31 Å². The van der Waals surface area contributed by atoms with Crippen LogP contribution in [-0.2, 0) is 10.0 Å². The van der Waals surface area contributed by atoms with E-state index in [2.05, 4.69) is 12.1 Å². The van der Waals surface area contributed by atoms with E-state index in [-0.39, 0.29) is 11.8 Å². The van der Waals surface area contributed by atoms with E-state index in [0.717, 1.165) is 6.42 Å². The Hall–Kier alpha value is -0.870. The summed E-state index contributed by atoms with van der Waals surface area (Å²) in [6, 6.07) is 10.3. The Morgan fingerprint density at radius 2 is 1.94 bits per heavy atom. The lowest BCUT2D eigenvalue weighted by Gasteiger charge is -2.19. The monoisotopic (exact) mass is 253 g/mol. The third kappa shape index (κ3) is 2.53. The lowest BCUT2D eigenvalue weighted by Crippen LogP contribution is -2.35.